The molecular formula is C17H28N2. The van der Waals surface area contributed by atoms with Gasteiger partial charge in [0, 0.05) is 18.3 Å². The lowest BCUT2D eigenvalue weighted by molar-refractivity contribution is 0.165. The third-order valence-electron chi connectivity index (χ3n) is 4.75. The van der Waals surface area contributed by atoms with Gasteiger partial charge in [-0.3, -0.25) is 0 Å². The van der Waals surface area contributed by atoms with Crippen molar-refractivity contribution in [1.29, 1.82) is 0 Å². The summed E-state index contributed by atoms with van der Waals surface area (Å²) >= 11 is 0. The molecule has 0 amide bonds. The van der Waals surface area contributed by atoms with Gasteiger partial charge in [-0.05, 0) is 62.8 Å². The Morgan fingerprint density at radius 1 is 1.11 bits per heavy atom. The van der Waals surface area contributed by atoms with Crippen molar-refractivity contribution >= 4 is 5.69 Å². The second kappa shape index (κ2) is 6.95. The van der Waals surface area contributed by atoms with Crippen LogP contribution in [-0.2, 0) is 6.42 Å². The first kappa shape index (κ1) is 14.4. The maximum Gasteiger partial charge on any atom is 0.0314 e. The van der Waals surface area contributed by atoms with E-state index in [1.54, 1.807) is 0 Å². The fourth-order valence-corrected chi connectivity index (χ4v) is 3.17. The van der Waals surface area contributed by atoms with E-state index in [1.807, 2.05) is 12.1 Å². The molecular weight excluding hydrogens is 232 g/mol. The van der Waals surface area contributed by atoms with Crippen LogP contribution in [0.25, 0.3) is 0 Å². The molecule has 2 nitrogen and oxygen atoms in total. The lowest BCUT2D eigenvalue weighted by atomic mass is 9.84. The van der Waals surface area contributed by atoms with Gasteiger partial charge < -0.3 is 10.6 Å². The lowest BCUT2D eigenvalue weighted by Crippen LogP contribution is -2.36. The molecule has 1 aliphatic carbocycles. The van der Waals surface area contributed by atoms with Crippen molar-refractivity contribution in [2.75, 3.05) is 19.3 Å². The number of nitrogen functional groups attached to an aromatic ring is 1. The lowest BCUT2D eigenvalue weighted by Gasteiger charge is -2.34. The Kier molecular flexibility index (Phi) is 5.26. The summed E-state index contributed by atoms with van der Waals surface area (Å²) < 4.78 is 0. The largest absolute Gasteiger partial charge is 0.399 e. The van der Waals surface area contributed by atoms with E-state index in [4.69, 9.17) is 5.73 Å². The highest BCUT2D eigenvalue weighted by atomic mass is 15.1. The van der Waals surface area contributed by atoms with Crippen LogP contribution in [0.15, 0.2) is 24.3 Å². The predicted molar refractivity (Wildman–Crippen MR) is 83.2 cm³/mol. The fraction of sp³-hybridized carbons (Fsp3) is 0.647. The van der Waals surface area contributed by atoms with Crippen molar-refractivity contribution in [1.82, 2.24) is 4.90 Å². The Labute approximate surface area is 118 Å². The number of likely N-dealkylation sites (N-methyl/N-ethyl adjacent to an activating group) is 1. The zero-order chi connectivity index (χ0) is 13.7. The molecule has 2 rings (SSSR count). The van der Waals surface area contributed by atoms with Crippen molar-refractivity contribution in [3.63, 3.8) is 0 Å². The second-order valence-electron chi connectivity index (χ2n) is 6.05. The molecule has 2 N–H and O–H groups in total. The summed E-state index contributed by atoms with van der Waals surface area (Å²) in [7, 11) is 2.29. The molecule has 0 unspecified atom stereocenters. The first-order valence-electron chi connectivity index (χ1n) is 7.73. The molecule has 1 aliphatic rings. The minimum Gasteiger partial charge on any atom is -0.399 e. The molecule has 0 atom stereocenters. The normalized spacial score (nSPS) is 23.7. The Bertz CT molecular complexity index is 363. The molecule has 1 saturated carbocycles. The fourth-order valence-electron chi connectivity index (χ4n) is 3.17. The van der Waals surface area contributed by atoms with E-state index in [1.165, 1.54) is 37.7 Å². The monoisotopic (exact) mass is 260 g/mol. The quantitative estimate of drug-likeness (QED) is 0.818. The summed E-state index contributed by atoms with van der Waals surface area (Å²) in [5, 5.41) is 0. The van der Waals surface area contributed by atoms with Crippen molar-refractivity contribution in [3.05, 3.63) is 29.8 Å². The molecule has 0 spiro atoms. The SMILES string of the molecule is CCC1CCC(N(C)CCc2ccc(N)cc2)CC1. The second-order valence-corrected chi connectivity index (χ2v) is 6.05. The first-order chi connectivity index (χ1) is 9.19. The minimum absolute atomic E-state index is 0.802. The van der Waals surface area contributed by atoms with Gasteiger partial charge in [0.05, 0.1) is 0 Å². The zero-order valence-electron chi connectivity index (χ0n) is 12.4. The molecule has 1 aromatic carbocycles. The average molecular weight is 260 g/mol. The third kappa shape index (κ3) is 4.24. The van der Waals surface area contributed by atoms with Gasteiger partial charge in [0.1, 0.15) is 0 Å². The van der Waals surface area contributed by atoms with Crippen LogP contribution in [0.5, 0.6) is 0 Å². The summed E-state index contributed by atoms with van der Waals surface area (Å²) in [5.74, 6) is 0.988. The van der Waals surface area contributed by atoms with E-state index in [0.717, 1.165) is 30.6 Å². The highest BCUT2D eigenvalue weighted by Gasteiger charge is 2.22. The van der Waals surface area contributed by atoms with Crippen LogP contribution in [0, 0.1) is 5.92 Å². The molecule has 1 fully saturated rings. The van der Waals surface area contributed by atoms with Crippen LogP contribution in [0.4, 0.5) is 5.69 Å². The summed E-state index contributed by atoms with van der Waals surface area (Å²) in [6, 6.07) is 9.11. The molecule has 19 heavy (non-hydrogen) atoms. The molecule has 106 valence electrons. The summed E-state index contributed by atoms with van der Waals surface area (Å²) in [4.78, 5) is 2.56. The van der Waals surface area contributed by atoms with Crippen molar-refractivity contribution in [2.24, 2.45) is 5.92 Å². The molecule has 1 aromatic rings. The van der Waals surface area contributed by atoms with Gasteiger partial charge >= 0.3 is 0 Å². The standard InChI is InChI=1S/C17H28N2/c1-3-14-6-10-17(11-7-14)19(2)13-12-15-4-8-16(18)9-5-15/h4-5,8-9,14,17H,3,6-7,10-13,18H2,1-2H3. The number of nitrogens with zero attached hydrogens (tertiary/aromatic N) is 1. The van der Waals surface area contributed by atoms with E-state index in [9.17, 15) is 0 Å². The van der Waals surface area contributed by atoms with E-state index >= 15 is 0 Å². The maximum atomic E-state index is 5.72. The molecule has 0 aliphatic heterocycles. The molecule has 2 heteroatoms. The molecule has 0 saturated heterocycles. The summed E-state index contributed by atoms with van der Waals surface area (Å²) in [6.07, 6.45) is 8.11. The van der Waals surface area contributed by atoms with Gasteiger partial charge in [0.25, 0.3) is 0 Å². The van der Waals surface area contributed by atoms with Crippen LogP contribution in [0.1, 0.15) is 44.6 Å². The number of hydrogen-bond donors (Lipinski definition) is 1. The number of anilines is 1. The molecule has 0 heterocycles. The van der Waals surface area contributed by atoms with Crippen LogP contribution in [0.2, 0.25) is 0 Å². The number of hydrogen-bond acceptors (Lipinski definition) is 2. The van der Waals surface area contributed by atoms with E-state index in [0.29, 0.717) is 0 Å². The van der Waals surface area contributed by atoms with Gasteiger partial charge in [0.2, 0.25) is 0 Å². The number of rotatable bonds is 5. The molecule has 0 aromatic heterocycles. The topological polar surface area (TPSA) is 29.3 Å². The molecule has 0 bridgehead atoms. The van der Waals surface area contributed by atoms with Crippen molar-refractivity contribution < 1.29 is 0 Å². The first-order valence-corrected chi connectivity index (χ1v) is 7.73. The minimum atomic E-state index is 0.802. The Hall–Kier alpha value is -1.02. The Morgan fingerprint density at radius 3 is 2.32 bits per heavy atom. The maximum absolute atomic E-state index is 5.72. The Balaban J connectivity index is 1.75. The van der Waals surface area contributed by atoms with Crippen molar-refractivity contribution in [2.45, 2.75) is 51.5 Å². The van der Waals surface area contributed by atoms with Gasteiger partial charge in [0.15, 0.2) is 0 Å². The van der Waals surface area contributed by atoms with Crippen LogP contribution in [-0.4, -0.2) is 24.5 Å². The van der Waals surface area contributed by atoms with Crippen LogP contribution < -0.4 is 5.73 Å². The van der Waals surface area contributed by atoms with Crippen LogP contribution in [0.3, 0.4) is 0 Å². The number of benzene rings is 1. The summed E-state index contributed by atoms with van der Waals surface area (Å²) in [5.41, 5.74) is 7.96. The average Bonchev–Trinajstić information content (AvgIpc) is 2.46. The van der Waals surface area contributed by atoms with Gasteiger partial charge in [-0.1, -0.05) is 25.5 Å². The zero-order valence-corrected chi connectivity index (χ0v) is 12.4. The summed E-state index contributed by atoms with van der Waals surface area (Å²) in [6.45, 7) is 3.49. The molecule has 0 radical (unpaired) electrons. The highest BCUT2D eigenvalue weighted by Crippen LogP contribution is 2.28. The van der Waals surface area contributed by atoms with Gasteiger partial charge in [-0.15, -0.1) is 0 Å². The predicted octanol–water partition coefficient (Wildman–Crippen LogP) is 3.71. The smallest absolute Gasteiger partial charge is 0.0314 e. The highest BCUT2D eigenvalue weighted by molar-refractivity contribution is 5.39. The van der Waals surface area contributed by atoms with E-state index < -0.39 is 0 Å². The van der Waals surface area contributed by atoms with Crippen molar-refractivity contribution in [3.8, 4) is 0 Å². The van der Waals surface area contributed by atoms with Gasteiger partial charge in [-0.25, -0.2) is 0 Å². The van der Waals surface area contributed by atoms with E-state index in [2.05, 4.69) is 31.0 Å². The van der Waals surface area contributed by atoms with Gasteiger partial charge in [-0.2, -0.15) is 0 Å². The Morgan fingerprint density at radius 2 is 1.74 bits per heavy atom. The third-order valence-corrected chi connectivity index (χ3v) is 4.75. The number of nitrogens with two attached hydrogens (primary N) is 1. The van der Waals surface area contributed by atoms with Crippen LogP contribution >= 0.6 is 0 Å². The van der Waals surface area contributed by atoms with E-state index in [-0.39, 0.29) is 0 Å².